The van der Waals surface area contributed by atoms with Gasteiger partial charge >= 0.3 is 0 Å². The normalized spacial score (nSPS) is 16.1. The van der Waals surface area contributed by atoms with Crippen LogP contribution in [-0.2, 0) is 16.3 Å². The maximum atomic E-state index is 11.4. The van der Waals surface area contributed by atoms with Crippen LogP contribution in [0.1, 0.15) is 25.3 Å². The lowest BCUT2D eigenvalue weighted by Gasteiger charge is -2.32. The van der Waals surface area contributed by atoms with Crippen LogP contribution in [0.5, 0.6) is 0 Å². The van der Waals surface area contributed by atoms with E-state index < -0.39 is 9.84 Å². The van der Waals surface area contributed by atoms with Crippen LogP contribution in [0.25, 0.3) is 10.8 Å². The topological polar surface area (TPSA) is 73.8 Å². The van der Waals surface area contributed by atoms with Gasteiger partial charge in [0.15, 0.2) is 5.96 Å². The van der Waals surface area contributed by atoms with Crippen LogP contribution >= 0.6 is 24.0 Å². The molecule has 1 saturated heterocycles. The third-order valence-corrected chi connectivity index (χ3v) is 6.51. The molecule has 0 spiro atoms. The fourth-order valence-corrected chi connectivity index (χ4v) is 4.50. The van der Waals surface area contributed by atoms with Crippen molar-refractivity contribution in [2.45, 2.75) is 32.2 Å². The molecule has 1 fully saturated rings. The van der Waals surface area contributed by atoms with Gasteiger partial charge < -0.3 is 15.5 Å². The molecule has 8 heteroatoms. The van der Waals surface area contributed by atoms with E-state index >= 15 is 0 Å². The number of sulfone groups is 1. The van der Waals surface area contributed by atoms with Crippen molar-refractivity contribution in [3.8, 4) is 0 Å². The molecule has 0 aliphatic carbocycles. The number of likely N-dealkylation sites (tertiary alicyclic amines) is 1. The molecule has 0 saturated carbocycles. The van der Waals surface area contributed by atoms with Crippen molar-refractivity contribution >= 4 is 50.5 Å². The molecule has 6 nitrogen and oxygen atoms in total. The zero-order valence-electron chi connectivity index (χ0n) is 18.5. The van der Waals surface area contributed by atoms with Gasteiger partial charge in [-0.3, -0.25) is 4.99 Å². The van der Waals surface area contributed by atoms with Crippen molar-refractivity contribution in [2.75, 3.05) is 44.7 Å². The molecule has 0 unspecified atom stereocenters. The second-order valence-electron chi connectivity index (χ2n) is 8.04. The molecule has 3 rings (SSSR count). The highest BCUT2D eigenvalue weighted by atomic mass is 127. The standard InChI is InChI=1S/C23H34N4O2S.HI/c1-3-24-23(26-21-12-15-27(16-13-21)17-18-30(2,28)29)25-14-11-20-9-6-8-19-7-4-5-10-22(19)20;/h4-10,21H,3,11-18H2,1-2H3,(H2,24,25,26);1H. The first kappa shape index (κ1) is 25.9. The number of benzene rings is 2. The Morgan fingerprint density at radius 3 is 2.55 bits per heavy atom. The zero-order valence-corrected chi connectivity index (χ0v) is 21.7. The number of hydrogen-bond donors (Lipinski definition) is 2. The Balaban J connectivity index is 0.00000341. The number of guanidine groups is 1. The van der Waals surface area contributed by atoms with Crippen LogP contribution in [0.2, 0.25) is 0 Å². The Morgan fingerprint density at radius 1 is 1.13 bits per heavy atom. The van der Waals surface area contributed by atoms with Gasteiger partial charge in [0.05, 0.1) is 5.75 Å². The van der Waals surface area contributed by atoms with Crippen LogP contribution in [0.15, 0.2) is 47.5 Å². The zero-order chi connectivity index (χ0) is 21.4. The van der Waals surface area contributed by atoms with Gasteiger partial charge in [0.25, 0.3) is 0 Å². The van der Waals surface area contributed by atoms with Crippen molar-refractivity contribution in [2.24, 2.45) is 4.99 Å². The number of nitrogens with zero attached hydrogens (tertiary/aromatic N) is 2. The van der Waals surface area contributed by atoms with Gasteiger partial charge in [0.2, 0.25) is 0 Å². The van der Waals surface area contributed by atoms with Gasteiger partial charge in [0.1, 0.15) is 9.84 Å². The van der Waals surface area contributed by atoms with Gasteiger partial charge in [-0.25, -0.2) is 8.42 Å². The van der Waals surface area contributed by atoms with E-state index in [-0.39, 0.29) is 29.7 Å². The van der Waals surface area contributed by atoms with Gasteiger partial charge in [-0.15, -0.1) is 24.0 Å². The summed E-state index contributed by atoms with van der Waals surface area (Å²) in [5.41, 5.74) is 1.33. The van der Waals surface area contributed by atoms with E-state index in [4.69, 9.17) is 4.99 Å². The maximum Gasteiger partial charge on any atom is 0.191 e. The molecule has 1 aliphatic heterocycles. The highest BCUT2D eigenvalue weighted by Gasteiger charge is 2.20. The van der Waals surface area contributed by atoms with Crippen molar-refractivity contribution in [1.29, 1.82) is 0 Å². The number of fused-ring (bicyclic) bond motifs is 1. The largest absolute Gasteiger partial charge is 0.357 e. The highest BCUT2D eigenvalue weighted by molar-refractivity contribution is 14.0. The van der Waals surface area contributed by atoms with Gasteiger partial charge in [0, 0.05) is 45.0 Å². The number of nitrogens with one attached hydrogen (secondary N) is 2. The first-order chi connectivity index (χ1) is 14.4. The number of rotatable bonds is 8. The summed E-state index contributed by atoms with van der Waals surface area (Å²) in [5.74, 6) is 1.11. The Hall–Kier alpha value is -1.39. The summed E-state index contributed by atoms with van der Waals surface area (Å²) in [7, 11) is -2.90. The van der Waals surface area contributed by atoms with Crippen LogP contribution in [0.3, 0.4) is 0 Å². The fourth-order valence-electron chi connectivity index (χ4n) is 3.91. The van der Waals surface area contributed by atoms with Gasteiger partial charge in [-0.1, -0.05) is 42.5 Å². The second-order valence-corrected chi connectivity index (χ2v) is 10.3. The lowest BCUT2D eigenvalue weighted by atomic mass is 10.0. The van der Waals surface area contributed by atoms with Gasteiger partial charge in [-0.05, 0) is 42.5 Å². The predicted molar refractivity (Wildman–Crippen MR) is 141 cm³/mol. The number of hydrogen-bond acceptors (Lipinski definition) is 4. The Bertz CT molecular complexity index is 952. The Kier molecular flexibility index (Phi) is 10.5. The van der Waals surface area contributed by atoms with E-state index in [2.05, 4.69) is 64.9 Å². The summed E-state index contributed by atoms with van der Waals surface area (Å²) in [5, 5.41) is 9.49. The molecule has 0 amide bonds. The average molecular weight is 559 g/mol. The third kappa shape index (κ3) is 8.57. The number of aliphatic imine (C=N–C) groups is 1. The minimum absolute atomic E-state index is 0. The molecule has 0 radical (unpaired) electrons. The molecular weight excluding hydrogens is 523 g/mol. The van der Waals surface area contributed by atoms with Crippen molar-refractivity contribution < 1.29 is 8.42 Å². The lowest BCUT2D eigenvalue weighted by molar-refractivity contribution is 0.216. The maximum absolute atomic E-state index is 11.4. The molecule has 2 aromatic rings. The smallest absolute Gasteiger partial charge is 0.191 e. The summed E-state index contributed by atoms with van der Waals surface area (Å²) >= 11 is 0. The summed E-state index contributed by atoms with van der Waals surface area (Å²) in [6.45, 7) is 6.11. The van der Waals surface area contributed by atoms with Crippen molar-refractivity contribution in [3.63, 3.8) is 0 Å². The van der Waals surface area contributed by atoms with Crippen molar-refractivity contribution in [3.05, 3.63) is 48.0 Å². The highest BCUT2D eigenvalue weighted by Crippen LogP contribution is 2.19. The van der Waals surface area contributed by atoms with E-state index in [1.807, 2.05) is 0 Å². The molecule has 0 bridgehead atoms. The minimum Gasteiger partial charge on any atom is -0.357 e. The van der Waals surface area contributed by atoms with Crippen LogP contribution in [-0.4, -0.2) is 70.1 Å². The minimum atomic E-state index is -2.90. The SMILES string of the molecule is CCNC(=NCCc1cccc2ccccc12)NC1CCN(CCS(C)(=O)=O)CC1.I. The molecule has 1 heterocycles. The molecule has 2 N–H and O–H groups in total. The molecule has 2 aromatic carbocycles. The summed E-state index contributed by atoms with van der Waals surface area (Å²) in [6.07, 6.45) is 4.20. The quantitative estimate of drug-likeness (QED) is 0.296. The third-order valence-electron chi connectivity index (χ3n) is 5.58. The monoisotopic (exact) mass is 558 g/mol. The van der Waals surface area contributed by atoms with E-state index in [0.29, 0.717) is 12.6 Å². The summed E-state index contributed by atoms with van der Waals surface area (Å²) in [6, 6.07) is 15.3. The van der Waals surface area contributed by atoms with Crippen LogP contribution < -0.4 is 10.6 Å². The first-order valence-electron chi connectivity index (χ1n) is 10.9. The van der Waals surface area contributed by atoms with Gasteiger partial charge in [-0.2, -0.15) is 0 Å². The Morgan fingerprint density at radius 2 is 1.84 bits per heavy atom. The van der Waals surface area contributed by atoms with E-state index in [1.165, 1.54) is 22.6 Å². The molecule has 31 heavy (non-hydrogen) atoms. The van der Waals surface area contributed by atoms with E-state index in [9.17, 15) is 8.42 Å². The molecule has 0 aromatic heterocycles. The Labute approximate surface area is 203 Å². The fraction of sp³-hybridized carbons (Fsp3) is 0.522. The number of piperidine rings is 1. The summed E-state index contributed by atoms with van der Waals surface area (Å²) < 4.78 is 22.7. The molecular formula is C23H35IN4O2S. The lowest BCUT2D eigenvalue weighted by Crippen LogP contribution is -2.49. The second kappa shape index (κ2) is 12.6. The number of halogens is 1. The van der Waals surface area contributed by atoms with E-state index in [0.717, 1.165) is 51.4 Å². The first-order valence-corrected chi connectivity index (χ1v) is 12.9. The van der Waals surface area contributed by atoms with Crippen molar-refractivity contribution in [1.82, 2.24) is 15.5 Å². The molecule has 172 valence electrons. The van der Waals surface area contributed by atoms with Crippen LogP contribution in [0.4, 0.5) is 0 Å². The molecule has 1 aliphatic rings. The summed E-state index contributed by atoms with van der Waals surface area (Å²) in [4.78, 5) is 7.04. The average Bonchev–Trinajstić information content (AvgIpc) is 2.73. The molecule has 0 atom stereocenters. The van der Waals surface area contributed by atoms with E-state index in [1.54, 1.807) is 0 Å². The predicted octanol–water partition coefficient (Wildman–Crippen LogP) is 3.06. The van der Waals surface area contributed by atoms with Crippen LogP contribution in [0, 0.1) is 0 Å².